The standard InChI is InChI=1S/C13H15N3O3S/c17-11(14-7-9-3-2-6-20-9)8-16-12(18)10-4-1-5-15(10)13(16)19/h2-3,6,10H,1,4-5,7-8H2,(H,14,17)/t10-/m1/s1. The minimum Gasteiger partial charge on any atom is -0.350 e. The molecule has 2 aliphatic heterocycles. The summed E-state index contributed by atoms with van der Waals surface area (Å²) in [6.45, 7) is 0.860. The molecule has 3 rings (SSSR count). The van der Waals surface area contributed by atoms with E-state index in [0.29, 0.717) is 19.5 Å². The van der Waals surface area contributed by atoms with Crippen molar-refractivity contribution in [3.05, 3.63) is 22.4 Å². The van der Waals surface area contributed by atoms with Gasteiger partial charge < -0.3 is 10.2 Å². The number of rotatable bonds is 4. The number of amides is 4. The summed E-state index contributed by atoms with van der Waals surface area (Å²) < 4.78 is 0. The highest BCUT2D eigenvalue weighted by molar-refractivity contribution is 7.09. The average Bonchev–Trinajstić information content (AvgIpc) is 3.13. The highest BCUT2D eigenvalue weighted by Gasteiger charge is 2.47. The molecule has 1 aromatic heterocycles. The van der Waals surface area contributed by atoms with Crippen molar-refractivity contribution in [1.82, 2.24) is 15.1 Å². The monoisotopic (exact) mass is 293 g/mol. The summed E-state index contributed by atoms with van der Waals surface area (Å²) in [5.41, 5.74) is 0. The minimum absolute atomic E-state index is 0.184. The third-order valence-electron chi connectivity index (χ3n) is 3.62. The first kappa shape index (κ1) is 13.1. The number of urea groups is 1. The summed E-state index contributed by atoms with van der Waals surface area (Å²) in [5.74, 6) is -0.542. The number of hydrogen-bond donors (Lipinski definition) is 1. The second-order valence-corrected chi connectivity index (χ2v) is 5.95. The van der Waals surface area contributed by atoms with Gasteiger partial charge in [0.05, 0.1) is 6.54 Å². The zero-order chi connectivity index (χ0) is 14.1. The Kier molecular flexibility index (Phi) is 3.43. The van der Waals surface area contributed by atoms with Crippen molar-refractivity contribution < 1.29 is 14.4 Å². The van der Waals surface area contributed by atoms with Gasteiger partial charge in [0.15, 0.2) is 0 Å². The normalized spacial score (nSPS) is 21.5. The molecule has 2 fully saturated rings. The van der Waals surface area contributed by atoms with Crippen LogP contribution in [-0.2, 0) is 16.1 Å². The number of imide groups is 1. The fraction of sp³-hybridized carbons (Fsp3) is 0.462. The summed E-state index contributed by atoms with van der Waals surface area (Å²) in [6, 6.07) is 3.16. The van der Waals surface area contributed by atoms with Crippen molar-refractivity contribution in [2.75, 3.05) is 13.1 Å². The maximum atomic E-state index is 12.1. The first-order valence-corrected chi connectivity index (χ1v) is 7.46. The summed E-state index contributed by atoms with van der Waals surface area (Å²) in [6.07, 6.45) is 1.57. The van der Waals surface area contributed by atoms with E-state index in [2.05, 4.69) is 5.32 Å². The van der Waals surface area contributed by atoms with Gasteiger partial charge >= 0.3 is 6.03 Å². The van der Waals surface area contributed by atoms with Crippen molar-refractivity contribution in [2.45, 2.75) is 25.4 Å². The molecule has 106 valence electrons. The molecule has 0 unspecified atom stereocenters. The second-order valence-electron chi connectivity index (χ2n) is 4.91. The molecule has 0 bridgehead atoms. The molecule has 1 atom stereocenters. The number of thiophene rings is 1. The zero-order valence-corrected chi connectivity index (χ0v) is 11.7. The lowest BCUT2D eigenvalue weighted by atomic mass is 10.2. The van der Waals surface area contributed by atoms with Crippen molar-refractivity contribution in [3.63, 3.8) is 0 Å². The van der Waals surface area contributed by atoms with Gasteiger partial charge in [-0.05, 0) is 24.3 Å². The number of carbonyl (C=O) groups is 3. The van der Waals surface area contributed by atoms with E-state index in [1.165, 1.54) is 0 Å². The van der Waals surface area contributed by atoms with Gasteiger partial charge in [-0.15, -0.1) is 11.3 Å². The van der Waals surface area contributed by atoms with Crippen molar-refractivity contribution in [2.24, 2.45) is 0 Å². The fourth-order valence-corrected chi connectivity index (χ4v) is 3.27. The molecule has 0 saturated carbocycles. The first-order chi connectivity index (χ1) is 9.66. The van der Waals surface area contributed by atoms with Gasteiger partial charge in [0, 0.05) is 11.4 Å². The van der Waals surface area contributed by atoms with Crippen LogP contribution in [0.4, 0.5) is 4.79 Å². The van der Waals surface area contributed by atoms with Crippen LogP contribution in [0, 0.1) is 0 Å². The molecule has 7 heteroatoms. The van der Waals surface area contributed by atoms with Crippen LogP contribution in [0.2, 0.25) is 0 Å². The van der Waals surface area contributed by atoms with Crippen molar-refractivity contribution in [3.8, 4) is 0 Å². The molecule has 4 amide bonds. The maximum absolute atomic E-state index is 12.1. The predicted octanol–water partition coefficient (Wildman–Crippen LogP) is 0.791. The van der Waals surface area contributed by atoms with E-state index in [1.807, 2.05) is 17.5 Å². The molecule has 6 nitrogen and oxygen atoms in total. The smallest absolute Gasteiger partial charge is 0.327 e. The van der Waals surface area contributed by atoms with E-state index in [1.54, 1.807) is 16.2 Å². The van der Waals surface area contributed by atoms with Crippen LogP contribution in [0.3, 0.4) is 0 Å². The van der Waals surface area contributed by atoms with Gasteiger partial charge in [0.25, 0.3) is 5.91 Å². The molecule has 1 aromatic rings. The minimum atomic E-state index is -0.340. The number of nitrogens with one attached hydrogen (secondary N) is 1. The van der Waals surface area contributed by atoms with Crippen molar-refractivity contribution in [1.29, 1.82) is 0 Å². The molecule has 2 saturated heterocycles. The van der Waals surface area contributed by atoms with Gasteiger partial charge in [-0.1, -0.05) is 6.07 Å². The quantitative estimate of drug-likeness (QED) is 0.835. The summed E-state index contributed by atoms with van der Waals surface area (Å²) in [7, 11) is 0. The van der Waals surface area contributed by atoms with Crippen LogP contribution in [0.15, 0.2) is 17.5 Å². The van der Waals surface area contributed by atoms with Crippen LogP contribution >= 0.6 is 11.3 Å². The lowest BCUT2D eigenvalue weighted by molar-refractivity contribution is -0.132. The van der Waals surface area contributed by atoms with Crippen LogP contribution < -0.4 is 5.32 Å². The Morgan fingerprint density at radius 1 is 1.45 bits per heavy atom. The molecule has 20 heavy (non-hydrogen) atoms. The highest BCUT2D eigenvalue weighted by atomic mass is 32.1. The van der Waals surface area contributed by atoms with Crippen LogP contribution in [0.5, 0.6) is 0 Å². The SMILES string of the molecule is O=C(CN1C(=O)[C@H]2CCCN2C1=O)NCc1cccs1. The number of fused-ring (bicyclic) bond motifs is 1. The molecule has 1 N–H and O–H groups in total. The van der Waals surface area contributed by atoms with E-state index in [9.17, 15) is 14.4 Å². The third-order valence-corrected chi connectivity index (χ3v) is 4.50. The Balaban J connectivity index is 1.56. The van der Waals surface area contributed by atoms with E-state index in [4.69, 9.17) is 0 Å². The van der Waals surface area contributed by atoms with Crippen LogP contribution in [0.25, 0.3) is 0 Å². The molecule has 0 aliphatic carbocycles. The van der Waals surface area contributed by atoms with Crippen LogP contribution in [0.1, 0.15) is 17.7 Å². The van der Waals surface area contributed by atoms with E-state index in [-0.39, 0.29) is 30.4 Å². The Bertz CT molecular complexity index is 521. The molecule has 0 spiro atoms. The van der Waals surface area contributed by atoms with Gasteiger partial charge in [-0.2, -0.15) is 0 Å². The number of carbonyl (C=O) groups excluding carboxylic acids is 3. The second kappa shape index (κ2) is 5.24. The van der Waals surface area contributed by atoms with E-state index < -0.39 is 0 Å². The lowest BCUT2D eigenvalue weighted by Crippen LogP contribution is -2.41. The van der Waals surface area contributed by atoms with Gasteiger partial charge in [-0.25, -0.2) is 4.79 Å². The van der Waals surface area contributed by atoms with Gasteiger partial charge in [-0.3, -0.25) is 14.5 Å². The summed E-state index contributed by atoms with van der Waals surface area (Å²) in [4.78, 5) is 39.6. The highest BCUT2D eigenvalue weighted by Crippen LogP contribution is 2.26. The Labute approximate surface area is 120 Å². The molecule has 3 heterocycles. The fourth-order valence-electron chi connectivity index (χ4n) is 2.63. The summed E-state index contributed by atoms with van der Waals surface area (Å²) >= 11 is 1.55. The Morgan fingerprint density at radius 2 is 2.30 bits per heavy atom. The van der Waals surface area contributed by atoms with E-state index >= 15 is 0 Å². The topological polar surface area (TPSA) is 69.7 Å². The van der Waals surface area contributed by atoms with E-state index in [0.717, 1.165) is 16.2 Å². The van der Waals surface area contributed by atoms with Crippen molar-refractivity contribution >= 4 is 29.2 Å². The number of hydrogen-bond acceptors (Lipinski definition) is 4. The number of nitrogens with zero attached hydrogens (tertiary/aromatic N) is 2. The largest absolute Gasteiger partial charge is 0.350 e. The molecule has 0 aromatic carbocycles. The first-order valence-electron chi connectivity index (χ1n) is 6.58. The molecular formula is C13H15N3O3S. The summed E-state index contributed by atoms with van der Waals surface area (Å²) in [5, 5.41) is 4.66. The van der Waals surface area contributed by atoms with Gasteiger partial charge in [0.2, 0.25) is 5.91 Å². The Morgan fingerprint density at radius 3 is 3.00 bits per heavy atom. The average molecular weight is 293 g/mol. The third kappa shape index (κ3) is 2.29. The van der Waals surface area contributed by atoms with Crippen LogP contribution in [-0.4, -0.2) is 46.8 Å². The predicted molar refractivity (Wildman–Crippen MR) is 73.0 cm³/mol. The lowest BCUT2D eigenvalue weighted by Gasteiger charge is -2.14. The molecule has 0 radical (unpaired) electrons. The molecular weight excluding hydrogens is 278 g/mol. The zero-order valence-electron chi connectivity index (χ0n) is 10.9. The maximum Gasteiger partial charge on any atom is 0.327 e. The Hall–Kier alpha value is -1.89. The van der Waals surface area contributed by atoms with Gasteiger partial charge in [0.1, 0.15) is 12.6 Å². The molecule has 2 aliphatic rings.